The molecule has 0 aromatic heterocycles. The Kier molecular flexibility index (Phi) is 5.56. The van der Waals surface area contributed by atoms with E-state index < -0.39 is 0 Å². The van der Waals surface area contributed by atoms with E-state index in [1.165, 1.54) is 12.8 Å². The van der Waals surface area contributed by atoms with Gasteiger partial charge in [0.05, 0.1) is 19.0 Å². The predicted molar refractivity (Wildman–Crippen MR) is 56.5 cm³/mol. The van der Waals surface area contributed by atoms with E-state index in [0.29, 0.717) is 19.1 Å². The molecule has 0 aliphatic heterocycles. The second kappa shape index (κ2) is 6.79. The highest BCUT2D eigenvalue weighted by atomic mass is 16.5. The third kappa shape index (κ3) is 5.19. The molecule has 1 aliphatic rings. The summed E-state index contributed by atoms with van der Waals surface area (Å²) in [6.45, 7) is 2.85. The molecule has 0 aromatic carbocycles. The largest absolute Gasteiger partial charge is 0.387 e. The lowest BCUT2D eigenvalue weighted by molar-refractivity contribution is 0.0702. The van der Waals surface area contributed by atoms with Gasteiger partial charge >= 0.3 is 0 Å². The summed E-state index contributed by atoms with van der Waals surface area (Å²) in [4.78, 5) is 4.29. The molecule has 4 heteroatoms. The van der Waals surface area contributed by atoms with Gasteiger partial charge < -0.3 is 15.2 Å². The fourth-order valence-corrected chi connectivity index (χ4v) is 1.13. The number of rotatable bonds is 8. The second-order valence-corrected chi connectivity index (χ2v) is 3.54. The van der Waals surface area contributed by atoms with Crippen LogP contribution in [0.1, 0.15) is 19.3 Å². The molecule has 2 N–H and O–H groups in total. The van der Waals surface area contributed by atoms with Gasteiger partial charge in [0, 0.05) is 26.2 Å². The molecule has 4 nitrogen and oxygen atoms in total. The molecule has 0 saturated heterocycles. The van der Waals surface area contributed by atoms with Crippen LogP contribution in [-0.2, 0) is 9.47 Å². The van der Waals surface area contributed by atoms with E-state index in [0.717, 1.165) is 25.4 Å². The molecule has 1 fully saturated rings. The Morgan fingerprint density at radius 2 is 2.14 bits per heavy atom. The SMILES string of the molecule is COCCOCCCN=C(N)C1CC1. The Hall–Kier alpha value is -0.610. The van der Waals surface area contributed by atoms with Crippen molar-refractivity contribution in [2.75, 3.05) is 33.5 Å². The maximum atomic E-state index is 5.73. The first kappa shape index (κ1) is 11.5. The number of methoxy groups -OCH3 is 1. The van der Waals surface area contributed by atoms with Crippen molar-refractivity contribution in [2.45, 2.75) is 19.3 Å². The molecule has 0 bridgehead atoms. The summed E-state index contributed by atoms with van der Waals surface area (Å²) in [5.41, 5.74) is 5.73. The summed E-state index contributed by atoms with van der Waals surface area (Å²) in [5, 5.41) is 0. The molecule has 0 atom stereocenters. The Labute approximate surface area is 85.5 Å². The number of hydrogen-bond acceptors (Lipinski definition) is 3. The highest BCUT2D eigenvalue weighted by Gasteiger charge is 2.24. The van der Waals surface area contributed by atoms with Crippen LogP contribution in [0.4, 0.5) is 0 Å². The van der Waals surface area contributed by atoms with E-state index in [1.54, 1.807) is 7.11 Å². The quantitative estimate of drug-likeness (QED) is 0.358. The third-order valence-corrected chi connectivity index (χ3v) is 2.17. The van der Waals surface area contributed by atoms with Crippen molar-refractivity contribution < 1.29 is 9.47 Å². The molecule has 14 heavy (non-hydrogen) atoms. The maximum Gasteiger partial charge on any atom is 0.0968 e. The smallest absolute Gasteiger partial charge is 0.0968 e. The van der Waals surface area contributed by atoms with Crippen LogP contribution in [0.15, 0.2) is 4.99 Å². The Balaban J connectivity index is 1.86. The molecule has 0 aromatic rings. The minimum absolute atomic E-state index is 0.587. The van der Waals surface area contributed by atoms with Gasteiger partial charge in [0.25, 0.3) is 0 Å². The van der Waals surface area contributed by atoms with Crippen molar-refractivity contribution >= 4 is 5.84 Å². The average molecular weight is 200 g/mol. The van der Waals surface area contributed by atoms with Gasteiger partial charge in [-0.1, -0.05) is 0 Å². The van der Waals surface area contributed by atoms with Crippen molar-refractivity contribution in [2.24, 2.45) is 16.6 Å². The zero-order valence-corrected chi connectivity index (χ0v) is 8.87. The first-order valence-corrected chi connectivity index (χ1v) is 5.21. The molecule has 0 spiro atoms. The molecule has 0 radical (unpaired) electrons. The Morgan fingerprint density at radius 1 is 1.36 bits per heavy atom. The highest BCUT2D eigenvalue weighted by molar-refractivity contribution is 5.84. The molecule has 82 valence electrons. The van der Waals surface area contributed by atoms with Crippen molar-refractivity contribution in [3.63, 3.8) is 0 Å². The van der Waals surface area contributed by atoms with Gasteiger partial charge in [-0.15, -0.1) is 0 Å². The fourth-order valence-electron chi connectivity index (χ4n) is 1.13. The maximum absolute atomic E-state index is 5.73. The van der Waals surface area contributed by atoms with Crippen LogP contribution in [0, 0.1) is 5.92 Å². The summed E-state index contributed by atoms with van der Waals surface area (Å²) in [6, 6.07) is 0. The highest BCUT2D eigenvalue weighted by Crippen LogP contribution is 2.28. The Morgan fingerprint density at radius 3 is 2.79 bits per heavy atom. The molecule has 1 rings (SSSR count). The van der Waals surface area contributed by atoms with E-state index in [4.69, 9.17) is 15.2 Å². The Bertz CT molecular complexity index is 179. The molecular weight excluding hydrogens is 180 g/mol. The first-order chi connectivity index (χ1) is 6.84. The van der Waals surface area contributed by atoms with E-state index in [-0.39, 0.29) is 0 Å². The van der Waals surface area contributed by atoms with Crippen LogP contribution < -0.4 is 5.73 Å². The van der Waals surface area contributed by atoms with Crippen molar-refractivity contribution in [3.05, 3.63) is 0 Å². The minimum atomic E-state index is 0.587. The average Bonchev–Trinajstić information content (AvgIpc) is 2.99. The van der Waals surface area contributed by atoms with Gasteiger partial charge in [-0.3, -0.25) is 4.99 Å². The van der Waals surface area contributed by atoms with E-state index in [9.17, 15) is 0 Å². The van der Waals surface area contributed by atoms with E-state index in [2.05, 4.69) is 4.99 Å². The normalized spacial score (nSPS) is 17.4. The fraction of sp³-hybridized carbons (Fsp3) is 0.900. The predicted octanol–water partition coefficient (Wildman–Crippen LogP) is 0.807. The standard InChI is InChI=1S/C10H20N2O2/c1-13-7-8-14-6-2-5-12-10(11)9-3-4-9/h9H,2-8H2,1H3,(H2,11,12). The van der Waals surface area contributed by atoms with Gasteiger partial charge in [0.2, 0.25) is 0 Å². The van der Waals surface area contributed by atoms with Crippen LogP contribution in [0.25, 0.3) is 0 Å². The number of nitrogens with two attached hydrogens (primary N) is 1. The molecule has 0 heterocycles. The van der Waals surface area contributed by atoms with Gasteiger partial charge in [0.15, 0.2) is 0 Å². The van der Waals surface area contributed by atoms with Crippen LogP contribution >= 0.6 is 0 Å². The number of nitrogens with zero attached hydrogens (tertiary/aromatic N) is 1. The summed E-state index contributed by atoms with van der Waals surface area (Å²) in [7, 11) is 1.67. The summed E-state index contributed by atoms with van der Waals surface area (Å²) in [5.74, 6) is 1.42. The molecule has 0 unspecified atom stereocenters. The zero-order valence-electron chi connectivity index (χ0n) is 8.87. The molecule has 1 aliphatic carbocycles. The van der Waals surface area contributed by atoms with Crippen LogP contribution in [0.3, 0.4) is 0 Å². The molecule has 0 amide bonds. The van der Waals surface area contributed by atoms with Crippen LogP contribution in [-0.4, -0.2) is 39.3 Å². The summed E-state index contributed by atoms with van der Waals surface area (Å²) < 4.78 is 10.2. The van der Waals surface area contributed by atoms with Crippen molar-refractivity contribution in [1.29, 1.82) is 0 Å². The van der Waals surface area contributed by atoms with Crippen LogP contribution in [0.2, 0.25) is 0 Å². The van der Waals surface area contributed by atoms with Crippen molar-refractivity contribution in [3.8, 4) is 0 Å². The lowest BCUT2D eigenvalue weighted by Crippen LogP contribution is -2.14. The number of hydrogen-bond donors (Lipinski definition) is 1. The molecular formula is C10H20N2O2. The lowest BCUT2D eigenvalue weighted by atomic mass is 10.4. The van der Waals surface area contributed by atoms with Gasteiger partial charge in [-0.2, -0.15) is 0 Å². The first-order valence-electron chi connectivity index (χ1n) is 5.21. The summed E-state index contributed by atoms with van der Waals surface area (Å²) in [6.07, 6.45) is 3.39. The molecule has 1 saturated carbocycles. The minimum Gasteiger partial charge on any atom is -0.387 e. The summed E-state index contributed by atoms with van der Waals surface area (Å²) >= 11 is 0. The topological polar surface area (TPSA) is 56.8 Å². The van der Waals surface area contributed by atoms with Gasteiger partial charge in [-0.05, 0) is 19.3 Å². The van der Waals surface area contributed by atoms with Gasteiger partial charge in [-0.25, -0.2) is 0 Å². The number of amidine groups is 1. The lowest BCUT2D eigenvalue weighted by Gasteiger charge is -2.02. The monoisotopic (exact) mass is 200 g/mol. The van der Waals surface area contributed by atoms with E-state index in [1.807, 2.05) is 0 Å². The van der Waals surface area contributed by atoms with Gasteiger partial charge in [0.1, 0.15) is 0 Å². The second-order valence-electron chi connectivity index (χ2n) is 3.54. The van der Waals surface area contributed by atoms with Crippen LogP contribution in [0.5, 0.6) is 0 Å². The zero-order chi connectivity index (χ0) is 10.2. The number of ether oxygens (including phenoxy) is 2. The number of aliphatic imine (C=N–C) groups is 1. The van der Waals surface area contributed by atoms with E-state index >= 15 is 0 Å². The third-order valence-electron chi connectivity index (χ3n) is 2.17. The van der Waals surface area contributed by atoms with Crippen molar-refractivity contribution in [1.82, 2.24) is 0 Å².